The Balaban J connectivity index is 2.73. The normalized spacial score (nSPS) is 10.8. The lowest BCUT2D eigenvalue weighted by atomic mass is 10.2. The Morgan fingerprint density at radius 3 is 2.86 bits per heavy atom. The summed E-state index contributed by atoms with van der Waals surface area (Å²) in [6.45, 7) is -0.216. The zero-order valence-electron chi connectivity index (χ0n) is 7.17. The number of aliphatic hydroxyl groups is 1. The van der Waals surface area contributed by atoms with Crippen LogP contribution in [0.2, 0.25) is 5.02 Å². The Morgan fingerprint density at radius 1 is 1.36 bits per heavy atom. The van der Waals surface area contributed by atoms with E-state index in [4.69, 9.17) is 16.7 Å². The molecule has 0 unspecified atom stereocenters. The van der Waals surface area contributed by atoms with Crippen molar-refractivity contribution in [1.29, 1.82) is 0 Å². The van der Waals surface area contributed by atoms with E-state index < -0.39 is 0 Å². The summed E-state index contributed by atoms with van der Waals surface area (Å²) in [6, 6.07) is 5.83. The summed E-state index contributed by atoms with van der Waals surface area (Å²) >= 11 is 5.81. The molecule has 1 aromatic carbocycles. The fraction of sp³-hybridized carbons (Fsp3) is 0.100. The minimum absolute atomic E-state index is 0.216. The first kappa shape index (κ1) is 9.37. The third-order valence-electron chi connectivity index (χ3n) is 1.95. The van der Waals surface area contributed by atoms with Crippen LogP contribution < -0.4 is 0 Å². The maximum atomic E-state index is 12.8. The number of halogens is 2. The van der Waals surface area contributed by atoms with Crippen LogP contribution in [0.25, 0.3) is 10.9 Å². The molecule has 4 heteroatoms. The molecule has 0 atom stereocenters. The molecule has 0 amide bonds. The average molecular weight is 212 g/mol. The maximum Gasteiger partial charge on any atom is 0.123 e. The molecule has 0 saturated carbocycles. The van der Waals surface area contributed by atoms with E-state index in [0.717, 1.165) is 0 Å². The second-order valence-corrected chi connectivity index (χ2v) is 3.32. The fourth-order valence-electron chi connectivity index (χ4n) is 1.27. The monoisotopic (exact) mass is 211 g/mol. The maximum absolute atomic E-state index is 12.8. The Kier molecular flexibility index (Phi) is 2.35. The van der Waals surface area contributed by atoms with Crippen LogP contribution in [0, 0.1) is 5.82 Å². The van der Waals surface area contributed by atoms with Gasteiger partial charge in [-0.05, 0) is 24.3 Å². The number of hydrogen-bond acceptors (Lipinski definition) is 2. The average Bonchev–Trinajstić information content (AvgIpc) is 2.16. The van der Waals surface area contributed by atoms with Crippen LogP contribution in [0.1, 0.15) is 5.69 Å². The third kappa shape index (κ3) is 1.56. The van der Waals surface area contributed by atoms with Gasteiger partial charge in [0.15, 0.2) is 0 Å². The van der Waals surface area contributed by atoms with Crippen LogP contribution in [-0.4, -0.2) is 10.1 Å². The van der Waals surface area contributed by atoms with Crippen LogP contribution in [0.3, 0.4) is 0 Å². The molecule has 2 nitrogen and oxygen atoms in total. The predicted octanol–water partition coefficient (Wildman–Crippen LogP) is 2.52. The molecule has 0 fully saturated rings. The van der Waals surface area contributed by atoms with Crippen LogP contribution in [0.5, 0.6) is 0 Å². The van der Waals surface area contributed by atoms with Crippen molar-refractivity contribution in [2.45, 2.75) is 6.61 Å². The lowest BCUT2D eigenvalue weighted by Gasteiger charge is -2.02. The number of nitrogens with zero attached hydrogens (tertiary/aromatic N) is 1. The second-order valence-electron chi connectivity index (χ2n) is 2.91. The Bertz CT molecular complexity index is 487. The summed E-state index contributed by atoms with van der Waals surface area (Å²) in [6.07, 6.45) is 0. The topological polar surface area (TPSA) is 33.1 Å². The second kappa shape index (κ2) is 3.52. The van der Waals surface area contributed by atoms with Crippen molar-refractivity contribution in [3.63, 3.8) is 0 Å². The minimum Gasteiger partial charge on any atom is -0.390 e. The molecule has 0 aliphatic carbocycles. The molecular formula is C10H7ClFNO. The Morgan fingerprint density at radius 2 is 2.14 bits per heavy atom. The quantitative estimate of drug-likeness (QED) is 0.786. The first-order chi connectivity index (χ1) is 6.70. The van der Waals surface area contributed by atoms with E-state index in [-0.39, 0.29) is 12.4 Å². The van der Waals surface area contributed by atoms with Gasteiger partial charge in [-0.1, -0.05) is 11.6 Å². The molecule has 2 rings (SSSR count). The van der Waals surface area contributed by atoms with Crippen LogP contribution >= 0.6 is 11.6 Å². The summed E-state index contributed by atoms with van der Waals surface area (Å²) in [7, 11) is 0. The summed E-state index contributed by atoms with van der Waals surface area (Å²) in [5.74, 6) is -0.327. The van der Waals surface area contributed by atoms with Gasteiger partial charge < -0.3 is 5.11 Å². The number of benzene rings is 1. The largest absolute Gasteiger partial charge is 0.390 e. The van der Waals surface area contributed by atoms with E-state index in [1.165, 1.54) is 12.1 Å². The van der Waals surface area contributed by atoms with Gasteiger partial charge in [-0.2, -0.15) is 0 Å². The fourth-order valence-corrected chi connectivity index (χ4v) is 1.49. The van der Waals surface area contributed by atoms with E-state index in [9.17, 15) is 4.39 Å². The zero-order chi connectivity index (χ0) is 10.1. The smallest absolute Gasteiger partial charge is 0.123 e. The first-order valence-electron chi connectivity index (χ1n) is 4.06. The molecule has 2 aromatic rings. The van der Waals surface area contributed by atoms with Crippen molar-refractivity contribution < 1.29 is 9.50 Å². The zero-order valence-corrected chi connectivity index (χ0v) is 7.92. The molecule has 1 heterocycles. The molecule has 0 aliphatic rings. The summed E-state index contributed by atoms with van der Waals surface area (Å²) in [5, 5.41) is 9.90. The minimum atomic E-state index is -0.327. The highest BCUT2D eigenvalue weighted by molar-refractivity contribution is 6.31. The van der Waals surface area contributed by atoms with Crippen molar-refractivity contribution in [2.24, 2.45) is 0 Å². The van der Waals surface area contributed by atoms with E-state index in [2.05, 4.69) is 4.98 Å². The first-order valence-corrected chi connectivity index (χ1v) is 4.44. The van der Waals surface area contributed by atoms with Gasteiger partial charge in [0.2, 0.25) is 0 Å². The Hall–Kier alpha value is -1.19. The molecule has 72 valence electrons. The SMILES string of the molecule is OCc1nc2ccc(F)cc2cc1Cl. The molecule has 1 N–H and O–H groups in total. The van der Waals surface area contributed by atoms with E-state index in [1.54, 1.807) is 12.1 Å². The van der Waals surface area contributed by atoms with Crippen LogP contribution in [0.4, 0.5) is 4.39 Å². The molecule has 0 spiro atoms. The molecule has 0 bridgehead atoms. The van der Waals surface area contributed by atoms with E-state index in [0.29, 0.717) is 21.6 Å². The highest BCUT2D eigenvalue weighted by Gasteiger charge is 2.04. The highest BCUT2D eigenvalue weighted by Crippen LogP contribution is 2.21. The number of aliphatic hydroxyl groups excluding tert-OH is 1. The molecule has 14 heavy (non-hydrogen) atoms. The van der Waals surface area contributed by atoms with Crippen molar-refractivity contribution in [1.82, 2.24) is 4.98 Å². The number of rotatable bonds is 1. The highest BCUT2D eigenvalue weighted by atomic mass is 35.5. The van der Waals surface area contributed by atoms with E-state index in [1.807, 2.05) is 0 Å². The Labute approximate surface area is 85.0 Å². The van der Waals surface area contributed by atoms with Crippen LogP contribution in [-0.2, 0) is 6.61 Å². The van der Waals surface area contributed by atoms with Gasteiger partial charge in [0.25, 0.3) is 0 Å². The molecule has 0 radical (unpaired) electrons. The predicted molar refractivity (Wildman–Crippen MR) is 52.6 cm³/mol. The van der Waals surface area contributed by atoms with Gasteiger partial charge in [0.05, 0.1) is 22.8 Å². The van der Waals surface area contributed by atoms with E-state index >= 15 is 0 Å². The summed E-state index contributed by atoms with van der Waals surface area (Å²) in [4.78, 5) is 4.09. The van der Waals surface area contributed by atoms with Crippen molar-refractivity contribution >= 4 is 22.5 Å². The van der Waals surface area contributed by atoms with Gasteiger partial charge in [-0.15, -0.1) is 0 Å². The summed E-state index contributed by atoms with van der Waals surface area (Å²) in [5.41, 5.74) is 1.03. The van der Waals surface area contributed by atoms with Crippen molar-refractivity contribution in [3.05, 3.63) is 40.8 Å². The molecule has 0 saturated heterocycles. The lowest BCUT2D eigenvalue weighted by molar-refractivity contribution is 0.277. The lowest BCUT2D eigenvalue weighted by Crippen LogP contribution is -1.91. The van der Waals surface area contributed by atoms with Crippen molar-refractivity contribution in [2.75, 3.05) is 0 Å². The summed E-state index contributed by atoms with van der Waals surface area (Å²) < 4.78 is 12.8. The standard InChI is InChI=1S/C10H7ClFNO/c11-8-4-6-3-7(12)1-2-9(6)13-10(8)5-14/h1-4,14H,5H2. The van der Waals surface area contributed by atoms with Gasteiger partial charge in [-0.25, -0.2) is 9.37 Å². The van der Waals surface area contributed by atoms with Gasteiger partial charge >= 0.3 is 0 Å². The number of pyridine rings is 1. The van der Waals surface area contributed by atoms with Crippen molar-refractivity contribution in [3.8, 4) is 0 Å². The van der Waals surface area contributed by atoms with Gasteiger partial charge in [0.1, 0.15) is 5.82 Å². The third-order valence-corrected chi connectivity index (χ3v) is 2.28. The number of aromatic nitrogens is 1. The number of fused-ring (bicyclic) bond motifs is 1. The molecule has 0 aliphatic heterocycles. The van der Waals surface area contributed by atoms with Gasteiger partial charge in [0, 0.05) is 5.39 Å². The van der Waals surface area contributed by atoms with Crippen LogP contribution in [0.15, 0.2) is 24.3 Å². The number of hydrogen-bond donors (Lipinski definition) is 1. The molecular weight excluding hydrogens is 205 g/mol. The molecule has 1 aromatic heterocycles. The van der Waals surface area contributed by atoms with Gasteiger partial charge in [-0.3, -0.25) is 0 Å².